The van der Waals surface area contributed by atoms with E-state index in [4.69, 9.17) is 4.74 Å². The van der Waals surface area contributed by atoms with E-state index in [0.717, 1.165) is 5.56 Å². The van der Waals surface area contributed by atoms with Crippen LogP contribution in [0.4, 0.5) is 14.9 Å². The summed E-state index contributed by atoms with van der Waals surface area (Å²) in [6.45, 7) is 0.0135. The minimum atomic E-state index is -1.20. The van der Waals surface area contributed by atoms with Crippen LogP contribution in [0.5, 0.6) is 0 Å². The van der Waals surface area contributed by atoms with Crippen LogP contribution < -0.4 is 10.2 Å². The fourth-order valence-electron chi connectivity index (χ4n) is 2.38. The largest absolute Gasteiger partial charge is 0.469 e. The number of halogens is 1. The van der Waals surface area contributed by atoms with E-state index >= 15 is 0 Å². The highest BCUT2D eigenvalue weighted by Gasteiger charge is 2.28. The number of benzene rings is 2. The molecule has 0 fully saturated rings. The molecule has 0 aliphatic carbocycles. The number of methoxy groups -OCH3 is 1. The molecular formula is C20H21FN2O5. The number of likely N-dealkylation sites (N-methyl/N-ethyl adjacent to an activating group) is 1. The highest BCUT2D eigenvalue weighted by Crippen LogP contribution is 2.15. The Kier molecular flexibility index (Phi) is 7.50. The molecule has 0 aliphatic rings. The van der Waals surface area contributed by atoms with Crippen molar-refractivity contribution in [2.45, 2.75) is 19.1 Å². The molecule has 0 heterocycles. The quantitative estimate of drug-likeness (QED) is 0.737. The van der Waals surface area contributed by atoms with Crippen molar-refractivity contribution in [2.24, 2.45) is 0 Å². The van der Waals surface area contributed by atoms with E-state index in [1.54, 1.807) is 24.3 Å². The Labute approximate surface area is 162 Å². The molecule has 1 N–H and O–H groups in total. The summed E-state index contributed by atoms with van der Waals surface area (Å²) in [6, 6.07) is 13.0. The van der Waals surface area contributed by atoms with Gasteiger partial charge in [0, 0.05) is 12.7 Å². The van der Waals surface area contributed by atoms with Crippen LogP contribution >= 0.6 is 0 Å². The Morgan fingerprint density at radius 3 is 2.32 bits per heavy atom. The van der Waals surface area contributed by atoms with Crippen LogP contribution in [0.1, 0.15) is 12.0 Å². The topological polar surface area (TPSA) is 84.9 Å². The number of carbonyl (C=O) groups is 3. The van der Waals surface area contributed by atoms with Crippen molar-refractivity contribution in [1.29, 1.82) is 0 Å². The van der Waals surface area contributed by atoms with E-state index in [9.17, 15) is 18.8 Å². The van der Waals surface area contributed by atoms with E-state index in [1.165, 1.54) is 43.3 Å². The van der Waals surface area contributed by atoms with Crippen LogP contribution in [0.25, 0.3) is 0 Å². The first-order valence-electron chi connectivity index (χ1n) is 8.48. The van der Waals surface area contributed by atoms with Gasteiger partial charge in [-0.1, -0.05) is 30.3 Å². The van der Waals surface area contributed by atoms with Crippen molar-refractivity contribution >= 4 is 23.7 Å². The molecule has 8 heteroatoms. The Morgan fingerprint density at radius 2 is 1.71 bits per heavy atom. The maximum atomic E-state index is 13.1. The number of hydrogen-bond acceptors (Lipinski definition) is 5. The number of esters is 1. The first-order valence-corrected chi connectivity index (χ1v) is 8.48. The first kappa shape index (κ1) is 20.9. The molecule has 2 rings (SSSR count). The lowest BCUT2D eigenvalue weighted by Gasteiger charge is -2.24. The van der Waals surface area contributed by atoms with Crippen LogP contribution in [0.15, 0.2) is 54.6 Å². The summed E-state index contributed by atoms with van der Waals surface area (Å²) in [5, 5.41) is 2.39. The molecule has 2 aromatic carbocycles. The summed E-state index contributed by atoms with van der Waals surface area (Å²) in [5.74, 6) is -1.69. The smallest absolute Gasteiger partial charge is 0.408 e. The molecule has 0 saturated heterocycles. The van der Waals surface area contributed by atoms with Crippen molar-refractivity contribution < 1.29 is 28.2 Å². The summed E-state index contributed by atoms with van der Waals surface area (Å²) in [5.41, 5.74) is 1.18. The third kappa shape index (κ3) is 6.08. The second-order valence-corrected chi connectivity index (χ2v) is 5.91. The van der Waals surface area contributed by atoms with Crippen LogP contribution in [-0.4, -0.2) is 38.2 Å². The van der Waals surface area contributed by atoms with Gasteiger partial charge in [0.15, 0.2) is 0 Å². The van der Waals surface area contributed by atoms with Crippen molar-refractivity contribution in [3.8, 4) is 0 Å². The monoisotopic (exact) mass is 388 g/mol. The Hall–Kier alpha value is -3.42. The van der Waals surface area contributed by atoms with Gasteiger partial charge in [-0.2, -0.15) is 0 Å². The average Bonchev–Trinajstić information content (AvgIpc) is 2.72. The summed E-state index contributed by atoms with van der Waals surface area (Å²) in [6.07, 6.45) is -1.22. The third-order valence-corrected chi connectivity index (χ3v) is 3.95. The highest BCUT2D eigenvalue weighted by atomic mass is 19.1. The molecule has 1 atom stereocenters. The summed E-state index contributed by atoms with van der Waals surface area (Å²) >= 11 is 0. The first-order chi connectivity index (χ1) is 13.4. The van der Waals surface area contributed by atoms with Gasteiger partial charge in [0.05, 0.1) is 13.5 Å². The zero-order valence-corrected chi connectivity index (χ0v) is 15.6. The SMILES string of the molecule is COC(=O)CC(NC(=O)OCc1ccccc1)C(=O)N(C)c1ccc(F)cc1. The lowest BCUT2D eigenvalue weighted by Crippen LogP contribution is -2.48. The normalized spacial score (nSPS) is 11.2. The molecular weight excluding hydrogens is 367 g/mol. The number of nitrogens with one attached hydrogen (secondary N) is 1. The molecule has 0 radical (unpaired) electrons. The van der Waals surface area contributed by atoms with E-state index in [0.29, 0.717) is 5.69 Å². The molecule has 1 unspecified atom stereocenters. The molecule has 28 heavy (non-hydrogen) atoms. The van der Waals surface area contributed by atoms with Crippen LogP contribution in [0.3, 0.4) is 0 Å². The van der Waals surface area contributed by atoms with Crippen molar-refractivity contribution in [1.82, 2.24) is 5.32 Å². The summed E-state index contributed by atoms with van der Waals surface area (Å²) in [4.78, 5) is 37.7. The molecule has 0 spiro atoms. The maximum absolute atomic E-state index is 13.1. The lowest BCUT2D eigenvalue weighted by molar-refractivity contribution is -0.142. The van der Waals surface area contributed by atoms with E-state index in [2.05, 4.69) is 10.1 Å². The van der Waals surface area contributed by atoms with Crippen molar-refractivity contribution in [3.63, 3.8) is 0 Å². The minimum Gasteiger partial charge on any atom is -0.469 e. The fourth-order valence-corrected chi connectivity index (χ4v) is 2.38. The molecule has 0 aliphatic heterocycles. The lowest BCUT2D eigenvalue weighted by atomic mass is 10.1. The van der Waals surface area contributed by atoms with Gasteiger partial charge < -0.3 is 19.7 Å². The maximum Gasteiger partial charge on any atom is 0.408 e. The average molecular weight is 388 g/mol. The van der Waals surface area contributed by atoms with Gasteiger partial charge >= 0.3 is 12.1 Å². The van der Waals surface area contributed by atoms with Gasteiger partial charge in [0.2, 0.25) is 5.91 Å². The molecule has 2 aromatic rings. The zero-order chi connectivity index (χ0) is 20.5. The van der Waals surface area contributed by atoms with E-state index in [-0.39, 0.29) is 13.0 Å². The van der Waals surface area contributed by atoms with Gasteiger partial charge in [-0.05, 0) is 29.8 Å². The number of ether oxygens (including phenoxy) is 2. The minimum absolute atomic E-state index is 0.0135. The van der Waals surface area contributed by atoms with Crippen LogP contribution in [0, 0.1) is 5.82 Å². The number of rotatable bonds is 7. The number of carbonyl (C=O) groups excluding carboxylic acids is 3. The van der Waals surface area contributed by atoms with Gasteiger partial charge in [-0.3, -0.25) is 9.59 Å². The summed E-state index contributed by atoms with van der Waals surface area (Å²) < 4.78 is 22.8. The molecule has 0 bridgehead atoms. The predicted octanol–water partition coefficient (Wildman–Crippen LogP) is 2.65. The molecule has 2 amide bonds. The van der Waals surface area contributed by atoms with Gasteiger partial charge in [-0.15, -0.1) is 0 Å². The third-order valence-electron chi connectivity index (χ3n) is 3.95. The van der Waals surface area contributed by atoms with Gasteiger partial charge in [0.1, 0.15) is 18.5 Å². The molecule has 148 valence electrons. The van der Waals surface area contributed by atoms with Crippen LogP contribution in [-0.2, 0) is 25.7 Å². The molecule has 0 saturated carbocycles. The number of alkyl carbamates (subject to hydrolysis) is 1. The standard InChI is InChI=1S/C20H21FN2O5/c1-23(16-10-8-15(21)9-11-16)19(25)17(12-18(24)27-2)22-20(26)28-13-14-6-4-3-5-7-14/h3-11,17H,12-13H2,1-2H3,(H,22,26). The van der Waals surface area contributed by atoms with E-state index < -0.39 is 29.8 Å². The van der Waals surface area contributed by atoms with Crippen molar-refractivity contribution in [3.05, 3.63) is 66.0 Å². The Balaban J connectivity index is 2.05. The van der Waals surface area contributed by atoms with Gasteiger partial charge in [0.25, 0.3) is 0 Å². The highest BCUT2D eigenvalue weighted by molar-refractivity contribution is 6.00. The zero-order valence-electron chi connectivity index (χ0n) is 15.6. The second-order valence-electron chi connectivity index (χ2n) is 5.91. The van der Waals surface area contributed by atoms with E-state index in [1.807, 2.05) is 6.07 Å². The molecule has 0 aromatic heterocycles. The predicted molar refractivity (Wildman–Crippen MR) is 100.0 cm³/mol. The number of hydrogen-bond donors (Lipinski definition) is 1. The van der Waals surface area contributed by atoms with Crippen molar-refractivity contribution in [2.75, 3.05) is 19.1 Å². The number of amides is 2. The fraction of sp³-hybridized carbons (Fsp3) is 0.250. The summed E-state index contributed by atoms with van der Waals surface area (Å²) in [7, 11) is 2.64. The number of anilines is 1. The number of nitrogens with zero attached hydrogens (tertiary/aromatic N) is 1. The van der Waals surface area contributed by atoms with Gasteiger partial charge in [-0.25, -0.2) is 9.18 Å². The Morgan fingerprint density at radius 1 is 1.07 bits per heavy atom. The molecule has 7 nitrogen and oxygen atoms in total. The van der Waals surface area contributed by atoms with Crippen LogP contribution in [0.2, 0.25) is 0 Å². The Bertz CT molecular complexity index is 811. The second kappa shape index (κ2) is 10.1.